The predicted octanol–water partition coefficient (Wildman–Crippen LogP) is 4.04. The van der Waals surface area contributed by atoms with Crippen molar-refractivity contribution in [2.45, 2.75) is 12.7 Å². The molecule has 2 rings (SSSR count). The molecule has 0 saturated carbocycles. The molecule has 0 saturated heterocycles. The van der Waals surface area contributed by atoms with Gasteiger partial charge in [-0.3, -0.25) is 0 Å². The minimum absolute atomic E-state index is 0.0229. The zero-order valence-electron chi connectivity index (χ0n) is 12.3. The lowest BCUT2D eigenvalue weighted by molar-refractivity contribution is -0.137. The summed E-state index contributed by atoms with van der Waals surface area (Å²) in [6, 6.07) is 11.1. The quantitative estimate of drug-likeness (QED) is 0.892. The number of carbonyl (C=O) groups excluding carboxylic acids is 1. The molecule has 0 bridgehead atoms. The van der Waals surface area contributed by atoms with Crippen LogP contribution in [0, 0.1) is 0 Å². The van der Waals surface area contributed by atoms with Crippen LogP contribution in [-0.4, -0.2) is 13.1 Å². The monoisotopic (exact) mass is 324 g/mol. The smallest absolute Gasteiger partial charge is 0.416 e. The molecule has 0 aliphatic heterocycles. The first-order chi connectivity index (χ1) is 10.9. The van der Waals surface area contributed by atoms with E-state index in [-0.39, 0.29) is 6.54 Å². The Morgan fingerprint density at radius 1 is 1.13 bits per heavy atom. The van der Waals surface area contributed by atoms with Gasteiger partial charge in [0.1, 0.15) is 5.75 Å². The summed E-state index contributed by atoms with van der Waals surface area (Å²) in [5.41, 5.74) is 0.0773. The number of methoxy groups -OCH3 is 1. The van der Waals surface area contributed by atoms with E-state index in [0.717, 1.165) is 12.1 Å². The highest BCUT2D eigenvalue weighted by Crippen LogP contribution is 2.29. The van der Waals surface area contributed by atoms with Crippen molar-refractivity contribution in [3.05, 3.63) is 59.7 Å². The lowest BCUT2D eigenvalue weighted by Crippen LogP contribution is -2.28. The van der Waals surface area contributed by atoms with Gasteiger partial charge in [0.2, 0.25) is 0 Å². The number of halogens is 3. The Bertz CT molecular complexity index is 687. The van der Waals surface area contributed by atoms with Gasteiger partial charge in [0.05, 0.1) is 18.4 Å². The number of carbonyl (C=O) groups is 1. The SMILES string of the molecule is COc1ccccc1NC(=O)NCc1cccc(C(F)(F)F)c1. The molecule has 4 nitrogen and oxygen atoms in total. The highest BCUT2D eigenvalue weighted by Gasteiger charge is 2.30. The lowest BCUT2D eigenvalue weighted by Gasteiger charge is -2.12. The number of nitrogens with one attached hydrogen (secondary N) is 2. The standard InChI is InChI=1S/C16H15F3N2O2/c1-23-14-8-3-2-7-13(14)21-15(22)20-10-11-5-4-6-12(9-11)16(17,18)19/h2-9H,10H2,1H3,(H2,20,21,22). The van der Waals surface area contributed by atoms with E-state index < -0.39 is 17.8 Å². The Kier molecular flexibility index (Phi) is 5.10. The fourth-order valence-corrected chi connectivity index (χ4v) is 1.95. The number of urea groups is 1. The zero-order chi connectivity index (χ0) is 16.9. The van der Waals surface area contributed by atoms with E-state index in [1.807, 2.05) is 0 Å². The number of anilines is 1. The molecule has 0 radical (unpaired) electrons. The number of para-hydroxylation sites is 2. The molecule has 2 aromatic rings. The molecule has 0 unspecified atom stereocenters. The van der Waals surface area contributed by atoms with Gasteiger partial charge in [-0.05, 0) is 29.8 Å². The van der Waals surface area contributed by atoms with Gasteiger partial charge in [-0.2, -0.15) is 13.2 Å². The summed E-state index contributed by atoms with van der Waals surface area (Å²) < 4.78 is 43.0. The van der Waals surface area contributed by atoms with E-state index in [1.165, 1.54) is 19.2 Å². The van der Waals surface area contributed by atoms with Crippen LogP contribution in [0.5, 0.6) is 5.75 Å². The van der Waals surface area contributed by atoms with Gasteiger partial charge >= 0.3 is 12.2 Å². The first-order valence-electron chi connectivity index (χ1n) is 6.74. The number of benzene rings is 2. The largest absolute Gasteiger partial charge is 0.495 e. The zero-order valence-corrected chi connectivity index (χ0v) is 12.3. The van der Waals surface area contributed by atoms with Crippen LogP contribution < -0.4 is 15.4 Å². The molecule has 0 aromatic heterocycles. The summed E-state index contributed by atoms with van der Waals surface area (Å²) in [5, 5.41) is 5.08. The average Bonchev–Trinajstić information content (AvgIpc) is 2.53. The first kappa shape index (κ1) is 16.7. The second-order valence-electron chi connectivity index (χ2n) is 4.71. The van der Waals surface area contributed by atoms with Crippen molar-refractivity contribution in [3.63, 3.8) is 0 Å². The van der Waals surface area contributed by atoms with Crippen molar-refractivity contribution >= 4 is 11.7 Å². The Hall–Kier alpha value is -2.70. The van der Waals surface area contributed by atoms with Crippen molar-refractivity contribution in [2.24, 2.45) is 0 Å². The molecule has 23 heavy (non-hydrogen) atoms. The van der Waals surface area contributed by atoms with E-state index in [9.17, 15) is 18.0 Å². The van der Waals surface area contributed by atoms with E-state index in [4.69, 9.17) is 4.74 Å². The third-order valence-electron chi connectivity index (χ3n) is 3.06. The molecular formula is C16H15F3N2O2. The van der Waals surface area contributed by atoms with Gasteiger partial charge in [-0.1, -0.05) is 24.3 Å². The van der Waals surface area contributed by atoms with Crippen LogP contribution in [0.1, 0.15) is 11.1 Å². The topological polar surface area (TPSA) is 50.4 Å². The van der Waals surface area contributed by atoms with E-state index >= 15 is 0 Å². The van der Waals surface area contributed by atoms with Crippen molar-refractivity contribution in [1.29, 1.82) is 0 Å². The fourth-order valence-electron chi connectivity index (χ4n) is 1.95. The molecular weight excluding hydrogens is 309 g/mol. The second kappa shape index (κ2) is 7.04. The molecule has 7 heteroatoms. The number of amides is 2. The van der Waals surface area contributed by atoms with E-state index in [1.54, 1.807) is 24.3 Å². The third-order valence-corrected chi connectivity index (χ3v) is 3.06. The first-order valence-corrected chi connectivity index (χ1v) is 6.74. The lowest BCUT2D eigenvalue weighted by atomic mass is 10.1. The summed E-state index contributed by atoms with van der Waals surface area (Å²) in [4.78, 5) is 11.8. The van der Waals surface area contributed by atoms with Gasteiger partial charge in [-0.15, -0.1) is 0 Å². The maximum Gasteiger partial charge on any atom is 0.416 e. The van der Waals surface area contributed by atoms with Gasteiger partial charge in [-0.25, -0.2) is 4.79 Å². The summed E-state index contributed by atoms with van der Waals surface area (Å²) in [6.07, 6.45) is -4.41. The van der Waals surface area contributed by atoms with Gasteiger partial charge in [0, 0.05) is 6.54 Å². The maximum absolute atomic E-state index is 12.6. The molecule has 2 amide bonds. The normalized spacial score (nSPS) is 11.0. The average molecular weight is 324 g/mol. The summed E-state index contributed by atoms with van der Waals surface area (Å²) >= 11 is 0. The second-order valence-corrected chi connectivity index (χ2v) is 4.71. The maximum atomic E-state index is 12.6. The summed E-state index contributed by atoms with van der Waals surface area (Å²) in [5.74, 6) is 0.488. The molecule has 0 spiro atoms. The van der Waals surface area contributed by atoms with Crippen LogP contribution in [0.15, 0.2) is 48.5 Å². The molecule has 122 valence electrons. The Morgan fingerprint density at radius 2 is 1.87 bits per heavy atom. The summed E-state index contributed by atoms with van der Waals surface area (Å²) in [7, 11) is 1.47. The van der Waals surface area contributed by atoms with E-state index in [2.05, 4.69) is 10.6 Å². The van der Waals surface area contributed by atoms with Crippen molar-refractivity contribution in [1.82, 2.24) is 5.32 Å². The molecule has 0 heterocycles. The van der Waals surface area contributed by atoms with Crippen molar-refractivity contribution in [3.8, 4) is 5.75 Å². The highest BCUT2D eigenvalue weighted by atomic mass is 19.4. The number of ether oxygens (including phenoxy) is 1. The molecule has 0 fully saturated rings. The molecule has 0 atom stereocenters. The van der Waals surface area contributed by atoms with Gasteiger partial charge in [0.15, 0.2) is 0 Å². The van der Waals surface area contributed by atoms with Crippen molar-refractivity contribution < 1.29 is 22.7 Å². The predicted molar refractivity (Wildman–Crippen MR) is 80.3 cm³/mol. The number of hydrogen-bond acceptors (Lipinski definition) is 2. The summed E-state index contributed by atoms with van der Waals surface area (Å²) in [6.45, 7) is -0.0229. The number of alkyl halides is 3. The third kappa shape index (κ3) is 4.64. The van der Waals surface area contributed by atoms with Crippen LogP contribution in [-0.2, 0) is 12.7 Å². The van der Waals surface area contributed by atoms with Crippen LogP contribution in [0.4, 0.5) is 23.7 Å². The Labute approximate surface area is 131 Å². The minimum atomic E-state index is -4.41. The van der Waals surface area contributed by atoms with E-state index in [0.29, 0.717) is 17.0 Å². The van der Waals surface area contributed by atoms with Gasteiger partial charge < -0.3 is 15.4 Å². The van der Waals surface area contributed by atoms with Crippen LogP contribution in [0.2, 0.25) is 0 Å². The van der Waals surface area contributed by atoms with Crippen LogP contribution in [0.25, 0.3) is 0 Å². The molecule has 2 aromatic carbocycles. The fraction of sp³-hybridized carbons (Fsp3) is 0.188. The van der Waals surface area contributed by atoms with Crippen LogP contribution >= 0.6 is 0 Å². The van der Waals surface area contributed by atoms with Crippen molar-refractivity contribution in [2.75, 3.05) is 12.4 Å². The molecule has 0 aliphatic carbocycles. The highest BCUT2D eigenvalue weighted by molar-refractivity contribution is 5.90. The van der Waals surface area contributed by atoms with Crippen LogP contribution in [0.3, 0.4) is 0 Å². The Balaban J connectivity index is 1.97. The minimum Gasteiger partial charge on any atom is -0.495 e. The van der Waals surface area contributed by atoms with Gasteiger partial charge in [0.25, 0.3) is 0 Å². The molecule has 2 N–H and O–H groups in total. The number of hydrogen-bond donors (Lipinski definition) is 2. The Morgan fingerprint density at radius 3 is 2.57 bits per heavy atom. The number of rotatable bonds is 4. The molecule has 0 aliphatic rings.